The molecule has 0 radical (unpaired) electrons. The summed E-state index contributed by atoms with van der Waals surface area (Å²) < 4.78 is 49.0. The van der Waals surface area contributed by atoms with Gasteiger partial charge in [0.2, 0.25) is 0 Å². The van der Waals surface area contributed by atoms with Gasteiger partial charge in [-0.05, 0) is 24.3 Å². The third-order valence-electron chi connectivity index (χ3n) is 4.05. The Balaban J connectivity index is 1.90. The number of pyridine rings is 1. The Morgan fingerprint density at radius 1 is 1.19 bits per heavy atom. The average Bonchev–Trinajstić information content (AvgIpc) is 2.65. The highest BCUT2D eigenvalue weighted by Crippen LogP contribution is 2.21. The predicted molar refractivity (Wildman–Crippen MR) is 98.9 cm³/mol. The molecule has 1 fully saturated rings. The maximum atomic E-state index is 14.3. The van der Waals surface area contributed by atoms with Crippen molar-refractivity contribution in [2.45, 2.75) is 13.1 Å². The van der Waals surface area contributed by atoms with E-state index in [2.05, 4.69) is 20.9 Å². The van der Waals surface area contributed by atoms with E-state index in [1.54, 1.807) is 36.5 Å². The van der Waals surface area contributed by atoms with Crippen molar-refractivity contribution in [3.63, 3.8) is 0 Å². The summed E-state index contributed by atoms with van der Waals surface area (Å²) in [7, 11) is -3.78. The SMILES string of the molecule is O=S(=O)(N1CCOCC1)N(Cc1ccccn1)Cc1ccc(Br)cc1F. The van der Waals surface area contributed by atoms with Crippen molar-refractivity contribution >= 4 is 26.1 Å². The minimum Gasteiger partial charge on any atom is -0.379 e. The summed E-state index contributed by atoms with van der Waals surface area (Å²) in [5.41, 5.74) is 0.905. The zero-order valence-electron chi connectivity index (χ0n) is 14.0. The van der Waals surface area contributed by atoms with Gasteiger partial charge in [0, 0.05) is 35.9 Å². The largest absolute Gasteiger partial charge is 0.379 e. The molecule has 140 valence electrons. The Morgan fingerprint density at radius 3 is 2.62 bits per heavy atom. The van der Waals surface area contributed by atoms with E-state index in [9.17, 15) is 12.8 Å². The first-order valence-corrected chi connectivity index (χ1v) is 10.3. The molecule has 0 atom stereocenters. The van der Waals surface area contributed by atoms with Gasteiger partial charge in [0.15, 0.2) is 0 Å². The zero-order chi connectivity index (χ0) is 18.6. The third-order valence-corrected chi connectivity index (χ3v) is 6.47. The number of halogens is 2. The molecule has 0 saturated carbocycles. The maximum Gasteiger partial charge on any atom is 0.282 e. The molecule has 0 spiro atoms. The first-order valence-electron chi connectivity index (χ1n) is 8.13. The lowest BCUT2D eigenvalue weighted by Gasteiger charge is -2.32. The first kappa shape index (κ1) is 19.4. The Bertz CT molecular complexity index is 846. The van der Waals surface area contributed by atoms with Gasteiger partial charge in [0.25, 0.3) is 10.2 Å². The minimum absolute atomic E-state index is 0.0655. The molecular formula is C17H19BrFN3O3S. The average molecular weight is 444 g/mol. The Morgan fingerprint density at radius 2 is 1.96 bits per heavy atom. The van der Waals surface area contributed by atoms with Crippen LogP contribution in [0.25, 0.3) is 0 Å². The second kappa shape index (κ2) is 8.53. The fraction of sp³-hybridized carbons (Fsp3) is 0.353. The highest BCUT2D eigenvalue weighted by Gasteiger charge is 2.32. The van der Waals surface area contributed by atoms with Crippen molar-refractivity contribution in [1.29, 1.82) is 0 Å². The van der Waals surface area contributed by atoms with Gasteiger partial charge in [-0.3, -0.25) is 4.98 Å². The van der Waals surface area contributed by atoms with Crippen LogP contribution >= 0.6 is 15.9 Å². The lowest BCUT2D eigenvalue weighted by molar-refractivity contribution is 0.0698. The third kappa shape index (κ3) is 4.66. The van der Waals surface area contributed by atoms with Crippen LogP contribution in [0.2, 0.25) is 0 Å². The summed E-state index contributed by atoms with van der Waals surface area (Å²) in [5, 5.41) is 0. The Labute approximate surface area is 160 Å². The molecule has 0 bridgehead atoms. The molecule has 2 aromatic rings. The number of aromatic nitrogens is 1. The van der Waals surface area contributed by atoms with Crippen LogP contribution < -0.4 is 0 Å². The highest BCUT2D eigenvalue weighted by atomic mass is 79.9. The molecule has 0 aliphatic carbocycles. The van der Waals surface area contributed by atoms with E-state index in [0.717, 1.165) is 0 Å². The molecule has 0 unspecified atom stereocenters. The maximum absolute atomic E-state index is 14.3. The molecule has 0 N–H and O–H groups in total. The van der Waals surface area contributed by atoms with E-state index in [1.165, 1.54) is 14.7 Å². The summed E-state index contributed by atoms with van der Waals surface area (Å²) >= 11 is 3.21. The van der Waals surface area contributed by atoms with Gasteiger partial charge in [-0.2, -0.15) is 17.0 Å². The van der Waals surface area contributed by atoms with E-state index >= 15 is 0 Å². The van der Waals surface area contributed by atoms with Gasteiger partial charge in [-0.1, -0.05) is 28.1 Å². The fourth-order valence-electron chi connectivity index (χ4n) is 2.67. The molecule has 3 rings (SSSR count). The van der Waals surface area contributed by atoms with Crippen LogP contribution in [0.1, 0.15) is 11.3 Å². The van der Waals surface area contributed by atoms with Crippen molar-refractivity contribution in [1.82, 2.24) is 13.6 Å². The molecule has 9 heteroatoms. The number of nitrogens with zero attached hydrogens (tertiary/aromatic N) is 3. The van der Waals surface area contributed by atoms with Crippen LogP contribution in [0, 0.1) is 5.82 Å². The number of hydrogen-bond donors (Lipinski definition) is 0. The van der Waals surface area contributed by atoms with E-state index in [4.69, 9.17) is 4.74 Å². The van der Waals surface area contributed by atoms with Crippen molar-refractivity contribution in [2.24, 2.45) is 0 Å². The molecule has 1 aliphatic heterocycles. The molecule has 1 aromatic carbocycles. The minimum atomic E-state index is -3.78. The number of hydrogen-bond acceptors (Lipinski definition) is 4. The molecule has 1 saturated heterocycles. The van der Waals surface area contributed by atoms with Crippen LogP contribution in [-0.2, 0) is 28.0 Å². The Hall–Kier alpha value is -1.39. The monoisotopic (exact) mass is 443 g/mol. The lowest BCUT2D eigenvalue weighted by atomic mass is 10.2. The lowest BCUT2D eigenvalue weighted by Crippen LogP contribution is -2.48. The topological polar surface area (TPSA) is 62.7 Å². The van der Waals surface area contributed by atoms with Crippen LogP contribution in [0.5, 0.6) is 0 Å². The standard InChI is InChI=1S/C17H19BrFN3O3S/c18-15-5-4-14(17(19)11-15)12-22(13-16-3-1-2-6-20-16)26(23,24)21-7-9-25-10-8-21/h1-6,11H,7-10,12-13H2. The molecule has 26 heavy (non-hydrogen) atoms. The highest BCUT2D eigenvalue weighted by molar-refractivity contribution is 9.10. The Kier molecular flexibility index (Phi) is 6.36. The second-order valence-corrected chi connectivity index (χ2v) is 8.69. The van der Waals surface area contributed by atoms with Crippen molar-refractivity contribution in [2.75, 3.05) is 26.3 Å². The summed E-state index contributed by atoms with van der Waals surface area (Å²) in [6.45, 7) is 1.26. The normalized spacial score (nSPS) is 16.1. The van der Waals surface area contributed by atoms with E-state index in [0.29, 0.717) is 28.9 Å². The summed E-state index contributed by atoms with van der Waals surface area (Å²) in [6.07, 6.45) is 1.61. The van der Waals surface area contributed by atoms with E-state index < -0.39 is 16.0 Å². The van der Waals surface area contributed by atoms with Gasteiger partial charge in [-0.25, -0.2) is 4.39 Å². The van der Waals surface area contributed by atoms with E-state index in [-0.39, 0.29) is 26.2 Å². The van der Waals surface area contributed by atoms with Gasteiger partial charge < -0.3 is 4.74 Å². The zero-order valence-corrected chi connectivity index (χ0v) is 16.4. The van der Waals surface area contributed by atoms with E-state index in [1.807, 2.05) is 0 Å². The van der Waals surface area contributed by atoms with Crippen molar-refractivity contribution in [3.05, 3.63) is 64.1 Å². The van der Waals surface area contributed by atoms with Crippen LogP contribution in [0.3, 0.4) is 0 Å². The smallest absolute Gasteiger partial charge is 0.282 e. The summed E-state index contributed by atoms with van der Waals surface area (Å²) in [5.74, 6) is -0.456. The predicted octanol–water partition coefficient (Wildman–Crippen LogP) is 2.56. The quantitative estimate of drug-likeness (QED) is 0.687. The van der Waals surface area contributed by atoms with Gasteiger partial charge in [0.1, 0.15) is 5.82 Å². The number of benzene rings is 1. The number of rotatable bonds is 6. The van der Waals surface area contributed by atoms with Crippen LogP contribution in [0.15, 0.2) is 47.1 Å². The molecule has 0 amide bonds. The first-order chi connectivity index (χ1) is 12.5. The van der Waals surface area contributed by atoms with Gasteiger partial charge >= 0.3 is 0 Å². The summed E-state index contributed by atoms with van der Waals surface area (Å²) in [4.78, 5) is 4.20. The molecule has 1 aromatic heterocycles. The van der Waals surface area contributed by atoms with Gasteiger partial charge in [-0.15, -0.1) is 0 Å². The number of ether oxygens (including phenoxy) is 1. The van der Waals surface area contributed by atoms with Gasteiger partial charge in [0.05, 0.1) is 25.5 Å². The van der Waals surface area contributed by atoms with Crippen LogP contribution in [-0.4, -0.2) is 48.3 Å². The molecule has 1 aliphatic rings. The van der Waals surface area contributed by atoms with Crippen molar-refractivity contribution < 1.29 is 17.5 Å². The fourth-order valence-corrected chi connectivity index (χ4v) is 4.54. The molecule has 6 nitrogen and oxygen atoms in total. The second-order valence-electron chi connectivity index (χ2n) is 5.84. The van der Waals surface area contributed by atoms with Crippen molar-refractivity contribution in [3.8, 4) is 0 Å². The summed E-state index contributed by atoms with van der Waals surface area (Å²) in [6, 6.07) is 9.91. The molecule has 2 heterocycles. The van der Waals surface area contributed by atoms with Crippen LogP contribution in [0.4, 0.5) is 4.39 Å². The number of morpholine rings is 1. The molecular weight excluding hydrogens is 425 g/mol.